The normalized spacial score (nSPS) is 12.1. The number of ether oxygens (including phenoxy) is 3. The molecule has 10 nitrogen and oxygen atoms in total. The average Bonchev–Trinajstić information content (AvgIpc) is 3.46. The third kappa shape index (κ3) is 8.66. The Bertz CT molecular complexity index is 1870. The standard InChI is InChI=1S/C38H41N3O7S/c1-22(2)20-39-34(42)25-9-12-27(30(17-25)36(44)46-6)28-19-32-31(33-24(13-15-47-32)14-16-49-33)18-29(28)35(43)41-26-10-7-23(8-11-26)21-40-37(45)48-38(3,4)5/h7-12,14,16-19,22H,13,15,20-21H2,1-6H3,(H,39,42)(H,40,45)(H,41,43). The Hall–Kier alpha value is -5.16. The molecule has 0 unspecified atom stereocenters. The molecule has 11 heteroatoms. The minimum Gasteiger partial charge on any atom is -0.493 e. The third-order valence-corrected chi connectivity index (χ3v) is 8.67. The molecule has 0 saturated carbocycles. The van der Waals surface area contributed by atoms with Gasteiger partial charge in [-0.25, -0.2) is 9.59 Å². The van der Waals surface area contributed by atoms with Crippen molar-refractivity contribution in [1.29, 1.82) is 0 Å². The summed E-state index contributed by atoms with van der Waals surface area (Å²) in [6.45, 7) is 10.6. The van der Waals surface area contributed by atoms with Gasteiger partial charge in [0.15, 0.2) is 0 Å². The van der Waals surface area contributed by atoms with Crippen LogP contribution in [0.4, 0.5) is 10.5 Å². The molecule has 0 bridgehead atoms. The van der Waals surface area contributed by atoms with E-state index in [2.05, 4.69) is 22.0 Å². The fourth-order valence-corrected chi connectivity index (χ4v) is 6.29. The van der Waals surface area contributed by atoms with Gasteiger partial charge in [-0.2, -0.15) is 0 Å². The van der Waals surface area contributed by atoms with Crippen molar-refractivity contribution in [2.45, 2.75) is 53.2 Å². The molecule has 3 N–H and O–H groups in total. The third-order valence-electron chi connectivity index (χ3n) is 7.68. The van der Waals surface area contributed by atoms with Crippen LogP contribution in [0.5, 0.6) is 5.75 Å². The number of anilines is 1. The summed E-state index contributed by atoms with van der Waals surface area (Å²) in [5, 5.41) is 10.6. The zero-order chi connectivity index (χ0) is 35.3. The van der Waals surface area contributed by atoms with Crippen LogP contribution < -0.4 is 20.7 Å². The molecule has 1 aliphatic heterocycles. The Labute approximate surface area is 290 Å². The highest BCUT2D eigenvalue weighted by atomic mass is 32.1. The molecular formula is C38H41N3O7S. The first kappa shape index (κ1) is 35.2. The van der Waals surface area contributed by atoms with Crippen LogP contribution in [0.3, 0.4) is 0 Å². The molecule has 3 aromatic carbocycles. The molecule has 0 atom stereocenters. The fourth-order valence-electron chi connectivity index (χ4n) is 5.32. The van der Waals surface area contributed by atoms with Gasteiger partial charge in [-0.15, -0.1) is 11.3 Å². The van der Waals surface area contributed by atoms with Gasteiger partial charge in [-0.1, -0.05) is 32.0 Å². The molecule has 0 radical (unpaired) electrons. The van der Waals surface area contributed by atoms with E-state index in [-0.39, 0.29) is 23.9 Å². The largest absolute Gasteiger partial charge is 0.493 e. The molecule has 49 heavy (non-hydrogen) atoms. The van der Waals surface area contributed by atoms with Crippen LogP contribution in [0.25, 0.3) is 21.6 Å². The van der Waals surface area contributed by atoms with E-state index < -0.39 is 23.6 Å². The zero-order valence-corrected chi connectivity index (χ0v) is 29.3. The molecule has 1 aliphatic rings. The van der Waals surface area contributed by atoms with Crippen LogP contribution in [0.15, 0.2) is 66.0 Å². The number of benzene rings is 3. The number of carbonyl (C=O) groups excluding carboxylic acids is 4. The Morgan fingerprint density at radius 3 is 2.33 bits per heavy atom. The summed E-state index contributed by atoms with van der Waals surface area (Å²) in [4.78, 5) is 53.3. The molecule has 0 saturated heterocycles. The molecule has 5 rings (SSSR count). The monoisotopic (exact) mass is 683 g/mol. The average molecular weight is 684 g/mol. The van der Waals surface area contributed by atoms with Gasteiger partial charge in [0.05, 0.1) is 19.3 Å². The first-order chi connectivity index (χ1) is 23.3. The van der Waals surface area contributed by atoms with Crippen molar-refractivity contribution >= 4 is 40.9 Å². The van der Waals surface area contributed by atoms with Crippen molar-refractivity contribution in [3.8, 4) is 27.3 Å². The van der Waals surface area contributed by atoms with Gasteiger partial charge in [0.1, 0.15) is 11.4 Å². The van der Waals surface area contributed by atoms with Gasteiger partial charge in [-0.05, 0) is 96.8 Å². The molecule has 1 aromatic heterocycles. The number of hydrogen-bond acceptors (Lipinski definition) is 8. The number of amides is 3. The summed E-state index contributed by atoms with van der Waals surface area (Å²) in [6, 6.07) is 17.5. The fraction of sp³-hybridized carbons (Fsp3) is 0.316. The number of esters is 1. The lowest BCUT2D eigenvalue weighted by atomic mass is 9.91. The SMILES string of the molecule is COC(=O)c1cc(C(=O)NCC(C)C)ccc1-c1cc2c(cc1C(=O)Nc1ccc(CNC(=O)OC(C)(C)C)cc1)-c1sccc1CCO2. The van der Waals surface area contributed by atoms with Crippen molar-refractivity contribution in [2.75, 3.05) is 25.6 Å². The zero-order valence-electron chi connectivity index (χ0n) is 28.5. The maximum atomic E-state index is 14.1. The number of methoxy groups -OCH3 is 1. The second kappa shape index (κ2) is 14.9. The number of hydrogen-bond donors (Lipinski definition) is 3. The van der Waals surface area contributed by atoms with Gasteiger partial charge in [0.25, 0.3) is 11.8 Å². The number of nitrogens with one attached hydrogen (secondary N) is 3. The van der Waals surface area contributed by atoms with Crippen molar-refractivity contribution in [1.82, 2.24) is 10.6 Å². The van der Waals surface area contributed by atoms with Gasteiger partial charge in [-0.3, -0.25) is 9.59 Å². The smallest absolute Gasteiger partial charge is 0.407 e. The summed E-state index contributed by atoms with van der Waals surface area (Å²) in [5.41, 5.74) is 4.27. The first-order valence-corrected chi connectivity index (χ1v) is 17.0. The van der Waals surface area contributed by atoms with E-state index in [0.29, 0.717) is 53.3 Å². The van der Waals surface area contributed by atoms with Crippen LogP contribution in [0, 0.1) is 5.92 Å². The minimum atomic E-state index is -0.646. The van der Waals surface area contributed by atoms with Gasteiger partial charge >= 0.3 is 12.1 Å². The Morgan fingerprint density at radius 1 is 0.878 bits per heavy atom. The molecule has 0 aliphatic carbocycles. The highest BCUT2D eigenvalue weighted by Crippen LogP contribution is 2.43. The predicted molar refractivity (Wildman–Crippen MR) is 190 cm³/mol. The number of fused-ring (bicyclic) bond motifs is 3. The van der Waals surface area contributed by atoms with Gasteiger partial charge in [0.2, 0.25) is 0 Å². The summed E-state index contributed by atoms with van der Waals surface area (Å²) < 4.78 is 16.6. The lowest BCUT2D eigenvalue weighted by Gasteiger charge is -2.19. The van der Waals surface area contributed by atoms with Crippen molar-refractivity contribution < 1.29 is 33.4 Å². The van der Waals surface area contributed by atoms with Crippen molar-refractivity contribution in [3.63, 3.8) is 0 Å². The molecule has 0 spiro atoms. The lowest BCUT2D eigenvalue weighted by Crippen LogP contribution is -2.32. The number of rotatable bonds is 9. The second-order valence-corrected chi connectivity index (χ2v) is 14.0. The maximum absolute atomic E-state index is 14.1. The summed E-state index contributed by atoms with van der Waals surface area (Å²) in [6.07, 6.45) is 0.196. The Balaban J connectivity index is 1.51. The minimum absolute atomic E-state index is 0.140. The van der Waals surface area contributed by atoms with E-state index in [9.17, 15) is 19.2 Å². The molecule has 4 aromatic rings. The van der Waals surface area contributed by atoms with Crippen molar-refractivity contribution in [2.24, 2.45) is 5.92 Å². The Kier molecular flexibility index (Phi) is 10.7. The molecular weight excluding hydrogens is 642 g/mol. The maximum Gasteiger partial charge on any atom is 0.407 e. The van der Waals surface area contributed by atoms with Crippen LogP contribution >= 0.6 is 11.3 Å². The molecule has 0 fully saturated rings. The molecule has 3 amide bonds. The van der Waals surface area contributed by atoms with Crippen LogP contribution in [-0.4, -0.2) is 49.7 Å². The van der Waals surface area contributed by atoms with Crippen LogP contribution in [-0.2, 0) is 22.4 Å². The predicted octanol–water partition coefficient (Wildman–Crippen LogP) is 7.47. The summed E-state index contributed by atoms with van der Waals surface area (Å²) in [7, 11) is 1.27. The van der Waals surface area contributed by atoms with E-state index in [1.54, 1.807) is 80.6 Å². The van der Waals surface area contributed by atoms with E-state index in [0.717, 1.165) is 21.6 Å². The summed E-state index contributed by atoms with van der Waals surface area (Å²) >= 11 is 1.57. The van der Waals surface area contributed by atoms with E-state index in [4.69, 9.17) is 14.2 Å². The second-order valence-electron chi connectivity index (χ2n) is 13.1. The number of thiophene rings is 1. The van der Waals surface area contributed by atoms with E-state index in [1.807, 2.05) is 19.2 Å². The highest BCUT2D eigenvalue weighted by Gasteiger charge is 2.26. The van der Waals surface area contributed by atoms with Crippen LogP contribution in [0.1, 0.15) is 76.8 Å². The Morgan fingerprint density at radius 2 is 1.63 bits per heavy atom. The molecule has 2 heterocycles. The van der Waals surface area contributed by atoms with E-state index >= 15 is 0 Å². The summed E-state index contributed by atoms with van der Waals surface area (Å²) in [5.74, 6) is -0.535. The van der Waals surface area contributed by atoms with E-state index in [1.165, 1.54) is 13.2 Å². The number of alkyl carbamates (subject to hydrolysis) is 1. The first-order valence-electron chi connectivity index (χ1n) is 16.1. The van der Waals surface area contributed by atoms with Gasteiger partial charge < -0.3 is 30.2 Å². The lowest BCUT2D eigenvalue weighted by molar-refractivity contribution is 0.0522. The van der Waals surface area contributed by atoms with Crippen LogP contribution in [0.2, 0.25) is 0 Å². The van der Waals surface area contributed by atoms with Crippen molar-refractivity contribution in [3.05, 3.63) is 93.9 Å². The number of carbonyl (C=O) groups is 4. The topological polar surface area (TPSA) is 132 Å². The molecule has 256 valence electrons. The highest BCUT2D eigenvalue weighted by molar-refractivity contribution is 7.13. The van der Waals surface area contributed by atoms with Gasteiger partial charge in [0, 0.05) is 46.8 Å². The quantitative estimate of drug-likeness (QED) is 0.156.